The molecule has 6 heteroatoms. The van der Waals surface area contributed by atoms with Gasteiger partial charge in [0, 0.05) is 30.9 Å². The van der Waals surface area contributed by atoms with E-state index >= 15 is 0 Å². The minimum absolute atomic E-state index is 0.104. The van der Waals surface area contributed by atoms with Gasteiger partial charge in [0.1, 0.15) is 17.4 Å². The van der Waals surface area contributed by atoms with Gasteiger partial charge in [0.05, 0.1) is 18.0 Å². The summed E-state index contributed by atoms with van der Waals surface area (Å²) < 4.78 is 7.50. The van der Waals surface area contributed by atoms with Crippen LogP contribution in [0.3, 0.4) is 0 Å². The second kappa shape index (κ2) is 7.31. The van der Waals surface area contributed by atoms with Gasteiger partial charge in [0.25, 0.3) is 5.56 Å². The Labute approximate surface area is 162 Å². The molecule has 0 unspecified atom stereocenters. The lowest BCUT2D eigenvalue weighted by Gasteiger charge is -2.14. The molecule has 0 amide bonds. The van der Waals surface area contributed by atoms with Crippen LogP contribution in [0.2, 0.25) is 0 Å². The Kier molecular flexibility index (Phi) is 4.69. The average Bonchev–Trinajstić information content (AvgIpc) is 3.17. The lowest BCUT2D eigenvalue weighted by atomic mass is 10.0. The first-order valence-corrected chi connectivity index (χ1v) is 9.22. The molecule has 2 heterocycles. The molecule has 0 aliphatic heterocycles. The van der Waals surface area contributed by atoms with Gasteiger partial charge in [-0.15, -0.1) is 0 Å². The number of nitrogens with zero attached hydrogens (tertiary/aromatic N) is 3. The van der Waals surface area contributed by atoms with E-state index in [1.54, 1.807) is 19.4 Å². The molecule has 2 aromatic carbocycles. The zero-order valence-electron chi connectivity index (χ0n) is 16.2. The van der Waals surface area contributed by atoms with Crippen molar-refractivity contribution < 1.29 is 4.74 Å². The summed E-state index contributed by atoms with van der Waals surface area (Å²) in [5.41, 5.74) is 3.93. The van der Waals surface area contributed by atoms with Crippen LogP contribution in [0.1, 0.15) is 17.0 Å². The molecule has 0 aliphatic carbocycles. The number of H-pyrrole nitrogens is 1. The Bertz CT molecular complexity index is 1210. The highest BCUT2D eigenvalue weighted by molar-refractivity contribution is 5.77. The fourth-order valence-electron chi connectivity index (χ4n) is 3.47. The number of aromatic nitrogens is 4. The third-order valence-corrected chi connectivity index (χ3v) is 5.17. The molecule has 0 fully saturated rings. The lowest BCUT2D eigenvalue weighted by Crippen LogP contribution is -2.14. The van der Waals surface area contributed by atoms with Crippen molar-refractivity contribution >= 4 is 10.9 Å². The van der Waals surface area contributed by atoms with Gasteiger partial charge < -0.3 is 14.3 Å². The van der Waals surface area contributed by atoms with Crippen LogP contribution in [-0.2, 0) is 13.0 Å². The molecule has 2 aromatic heterocycles. The normalized spacial score (nSPS) is 11.1. The average molecular weight is 374 g/mol. The van der Waals surface area contributed by atoms with Gasteiger partial charge in [-0.25, -0.2) is 9.97 Å². The predicted octanol–water partition coefficient (Wildman–Crippen LogP) is 3.65. The summed E-state index contributed by atoms with van der Waals surface area (Å²) in [6, 6.07) is 11.4. The number of para-hydroxylation sites is 1. The predicted molar refractivity (Wildman–Crippen MR) is 110 cm³/mol. The molecule has 0 saturated heterocycles. The SMILES string of the molecule is COc1ccc(-c2nccn2CCc2nc3ccccc3c(=O)[nH]2)c(C)c1C. The van der Waals surface area contributed by atoms with Crippen molar-refractivity contribution in [1.82, 2.24) is 19.5 Å². The van der Waals surface area contributed by atoms with Crippen LogP contribution in [0.25, 0.3) is 22.3 Å². The zero-order chi connectivity index (χ0) is 19.7. The molecule has 1 N–H and O–H groups in total. The monoisotopic (exact) mass is 374 g/mol. The Morgan fingerprint density at radius 3 is 2.75 bits per heavy atom. The van der Waals surface area contributed by atoms with Crippen molar-refractivity contribution in [2.75, 3.05) is 7.11 Å². The van der Waals surface area contributed by atoms with E-state index < -0.39 is 0 Å². The molecule has 0 aliphatic rings. The van der Waals surface area contributed by atoms with Gasteiger partial charge in [-0.1, -0.05) is 12.1 Å². The number of ether oxygens (including phenoxy) is 1. The van der Waals surface area contributed by atoms with Crippen molar-refractivity contribution in [3.63, 3.8) is 0 Å². The number of benzene rings is 2. The summed E-state index contributed by atoms with van der Waals surface area (Å²) in [6.07, 6.45) is 4.36. The van der Waals surface area contributed by atoms with Gasteiger partial charge in [0.2, 0.25) is 0 Å². The van der Waals surface area contributed by atoms with E-state index in [4.69, 9.17) is 4.74 Å². The Balaban J connectivity index is 1.63. The van der Waals surface area contributed by atoms with E-state index in [1.807, 2.05) is 36.5 Å². The molecule has 0 saturated carbocycles. The highest BCUT2D eigenvalue weighted by Gasteiger charge is 2.13. The van der Waals surface area contributed by atoms with Crippen LogP contribution in [-0.4, -0.2) is 26.6 Å². The minimum Gasteiger partial charge on any atom is -0.496 e. The van der Waals surface area contributed by atoms with Crippen molar-refractivity contribution in [1.29, 1.82) is 0 Å². The maximum atomic E-state index is 12.3. The molecule has 0 radical (unpaired) electrons. The van der Waals surface area contributed by atoms with Gasteiger partial charge in [-0.05, 0) is 49.2 Å². The number of hydrogen-bond acceptors (Lipinski definition) is 4. The van der Waals surface area contributed by atoms with Crippen LogP contribution in [0.4, 0.5) is 0 Å². The number of rotatable bonds is 5. The van der Waals surface area contributed by atoms with Crippen LogP contribution in [0.5, 0.6) is 5.75 Å². The molecular weight excluding hydrogens is 352 g/mol. The van der Waals surface area contributed by atoms with Crippen molar-refractivity contribution in [2.45, 2.75) is 26.8 Å². The summed E-state index contributed by atoms with van der Waals surface area (Å²) in [6.45, 7) is 4.80. The molecule has 28 heavy (non-hydrogen) atoms. The first-order valence-electron chi connectivity index (χ1n) is 9.22. The van der Waals surface area contributed by atoms with Crippen LogP contribution < -0.4 is 10.3 Å². The van der Waals surface area contributed by atoms with Crippen LogP contribution in [0.15, 0.2) is 53.6 Å². The molecule has 4 aromatic rings. The number of nitrogens with one attached hydrogen (secondary N) is 1. The van der Waals surface area contributed by atoms with E-state index in [0.717, 1.165) is 28.3 Å². The number of aryl methyl sites for hydroxylation is 2. The first kappa shape index (κ1) is 18.0. The van der Waals surface area contributed by atoms with Crippen LogP contribution >= 0.6 is 0 Å². The smallest absolute Gasteiger partial charge is 0.258 e. The Morgan fingerprint density at radius 1 is 1.11 bits per heavy atom. The fourth-order valence-corrected chi connectivity index (χ4v) is 3.47. The Hall–Kier alpha value is -3.41. The van der Waals surface area contributed by atoms with Crippen molar-refractivity contribution in [3.8, 4) is 17.1 Å². The second-order valence-corrected chi connectivity index (χ2v) is 6.79. The number of imidazole rings is 1. The second-order valence-electron chi connectivity index (χ2n) is 6.79. The summed E-state index contributed by atoms with van der Waals surface area (Å²) in [7, 11) is 1.68. The van der Waals surface area contributed by atoms with E-state index in [9.17, 15) is 4.79 Å². The highest BCUT2D eigenvalue weighted by Crippen LogP contribution is 2.30. The van der Waals surface area contributed by atoms with Crippen molar-refractivity contribution in [3.05, 3.63) is 76.1 Å². The van der Waals surface area contributed by atoms with E-state index in [0.29, 0.717) is 29.7 Å². The van der Waals surface area contributed by atoms with Crippen LogP contribution in [0, 0.1) is 13.8 Å². The topological polar surface area (TPSA) is 72.8 Å². The number of methoxy groups -OCH3 is 1. The lowest BCUT2D eigenvalue weighted by molar-refractivity contribution is 0.411. The third-order valence-electron chi connectivity index (χ3n) is 5.17. The van der Waals surface area contributed by atoms with Gasteiger partial charge >= 0.3 is 0 Å². The summed E-state index contributed by atoms with van der Waals surface area (Å²) in [4.78, 5) is 24.3. The minimum atomic E-state index is -0.104. The van der Waals surface area contributed by atoms with Gasteiger partial charge in [-0.2, -0.15) is 0 Å². The zero-order valence-corrected chi connectivity index (χ0v) is 16.2. The third kappa shape index (κ3) is 3.17. The number of fused-ring (bicyclic) bond motifs is 1. The highest BCUT2D eigenvalue weighted by atomic mass is 16.5. The summed E-state index contributed by atoms with van der Waals surface area (Å²) in [5.74, 6) is 2.44. The molecule has 0 atom stereocenters. The molecule has 6 nitrogen and oxygen atoms in total. The molecule has 4 rings (SSSR count). The summed E-state index contributed by atoms with van der Waals surface area (Å²) in [5, 5.41) is 0.610. The first-order chi connectivity index (χ1) is 13.6. The van der Waals surface area contributed by atoms with E-state index in [-0.39, 0.29) is 5.56 Å². The fraction of sp³-hybridized carbons (Fsp3) is 0.227. The number of aromatic amines is 1. The molecule has 0 spiro atoms. The Morgan fingerprint density at radius 2 is 1.93 bits per heavy atom. The number of hydrogen-bond donors (Lipinski definition) is 1. The molecule has 142 valence electrons. The largest absolute Gasteiger partial charge is 0.496 e. The van der Waals surface area contributed by atoms with E-state index in [1.165, 1.54) is 0 Å². The van der Waals surface area contributed by atoms with Crippen molar-refractivity contribution in [2.24, 2.45) is 0 Å². The maximum absolute atomic E-state index is 12.3. The standard InChI is InChI=1S/C22H22N4O2/c1-14-15(2)19(28-3)9-8-16(14)21-23-11-13-26(21)12-10-20-24-18-7-5-4-6-17(18)22(27)25-20/h4-9,11,13H,10,12H2,1-3H3,(H,24,25,27). The quantitative estimate of drug-likeness (QED) is 0.579. The molecular formula is C22H22N4O2. The van der Waals surface area contributed by atoms with Gasteiger partial charge in [0.15, 0.2) is 0 Å². The van der Waals surface area contributed by atoms with E-state index in [2.05, 4.69) is 33.4 Å². The molecule has 0 bridgehead atoms. The summed E-state index contributed by atoms with van der Waals surface area (Å²) >= 11 is 0. The van der Waals surface area contributed by atoms with Gasteiger partial charge in [-0.3, -0.25) is 4.79 Å². The maximum Gasteiger partial charge on any atom is 0.258 e.